The Morgan fingerprint density at radius 2 is 2.33 bits per heavy atom. The van der Waals surface area contributed by atoms with Crippen molar-refractivity contribution in [2.75, 3.05) is 13.2 Å². The standard InChI is InChI=1S/C15H17NO2/c1-2-6-17-14-4-3-13-11(5-7-18-13)15(14)12-8-10(12)9-16/h2-5,7,10,12H,1,6,8-9,16H2/t10-,12+/m0/s1. The van der Waals surface area contributed by atoms with Crippen molar-refractivity contribution in [1.29, 1.82) is 0 Å². The number of benzene rings is 1. The van der Waals surface area contributed by atoms with Crippen molar-refractivity contribution in [2.24, 2.45) is 11.7 Å². The van der Waals surface area contributed by atoms with Gasteiger partial charge in [0.2, 0.25) is 0 Å². The van der Waals surface area contributed by atoms with Gasteiger partial charge in [0.05, 0.1) is 6.26 Å². The minimum atomic E-state index is 0.510. The third-order valence-corrected chi connectivity index (χ3v) is 3.59. The summed E-state index contributed by atoms with van der Waals surface area (Å²) in [6.45, 7) is 4.95. The minimum absolute atomic E-state index is 0.510. The second-order valence-electron chi connectivity index (χ2n) is 4.75. The van der Waals surface area contributed by atoms with E-state index < -0.39 is 0 Å². The molecule has 2 N–H and O–H groups in total. The molecule has 3 heteroatoms. The summed E-state index contributed by atoms with van der Waals surface area (Å²) in [5, 5.41) is 1.15. The highest BCUT2D eigenvalue weighted by Crippen LogP contribution is 2.52. The topological polar surface area (TPSA) is 48.4 Å². The third kappa shape index (κ3) is 1.81. The zero-order valence-corrected chi connectivity index (χ0v) is 10.3. The molecule has 0 radical (unpaired) electrons. The van der Waals surface area contributed by atoms with Gasteiger partial charge in [0.1, 0.15) is 17.9 Å². The molecular formula is C15H17NO2. The molecule has 1 saturated carbocycles. The normalized spacial score (nSPS) is 22.1. The summed E-state index contributed by atoms with van der Waals surface area (Å²) in [5.41, 5.74) is 7.91. The average Bonchev–Trinajstić information content (AvgIpc) is 3.02. The van der Waals surface area contributed by atoms with E-state index in [1.807, 2.05) is 18.2 Å². The summed E-state index contributed by atoms with van der Waals surface area (Å²) in [5.74, 6) is 2.03. The SMILES string of the molecule is C=CCOc1ccc2occc2c1[C@@H]1C[C@H]1CN. The largest absolute Gasteiger partial charge is 0.489 e. The van der Waals surface area contributed by atoms with E-state index in [4.69, 9.17) is 14.9 Å². The smallest absolute Gasteiger partial charge is 0.134 e. The second kappa shape index (κ2) is 4.50. The molecule has 1 aliphatic rings. The van der Waals surface area contributed by atoms with Gasteiger partial charge in [-0.25, -0.2) is 0 Å². The van der Waals surface area contributed by atoms with E-state index >= 15 is 0 Å². The first-order valence-electron chi connectivity index (χ1n) is 6.29. The van der Waals surface area contributed by atoms with Crippen LogP contribution in [0.25, 0.3) is 11.0 Å². The van der Waals surface area contributed by atoms with Gasteiger partial charge in [0, 0.05) is 10.9 Å². The van der Waals surface area contributed by atoms with Crippen LogP contribution in [0.2, 0.25) is 0 Å². The molecule has 0 saturated heterocycles. The molecule has 1 heterocycles. The summed E-state index contributed by atoms with van der Waals surface area (Å²) in [7, 11) is 0. The van der Waals surface area contributed by atoms with Crippen molar-refractivity contribution in [3.05, 3.63) is 42.7 Å². The Hall–Kier alpha value is -1.74. The molecule has 2 aromatic rings. The van der Waals surface area contributed by atoms with Gasteiger partial charge in [0.15, 0.2) is 0 Å². The molecule has 3 nitrogen and oxygen atoms in total. The fourth-order valence-electron chi connectivity index (χ4n) is 2.57. The zero-order valence-electron chi connectivity index (χ0n) is 10.3. The molecular weight excluding hydrogens is 226 g/mol. The van der Waals surface area contributed by atoms with Crippen molar-refractivity contribution in [3.63, 3.8) is 0 Å². The maximum atomic E-state index is 5.76. The van der Waals surface area contributed by atoms with Crippen molar-refractivity contribution in [3.8, 4) is 5.75 Å². The van der Waals surface area contributed by atoms with Crippen molar-refractivity contribution in [2.45, 2.75) is 12.3 Å². The van der Waals surface area contributed by atoms with Crippen LogP contribution in [0.3, 0.4) is 0 Å². The molecule has 0 bridgehead atoms. The predicted octanol–water partition coefficient (Wildman–Crippen LogP) is 3.06. The van der Waals surface area contributed by atoms with E-state index in [0.717, 1.165) is 29.7 Å². The summed E-state index contributed by atoms with van der Waals surface area (Å²) >= 11 is 0. The fourth-order valence-corrected chi connectivity index (χ4v) is 2.57. The number of rotatable bonds is 5. The molecule has 2 atom stereocenters. The van der Waals surface area contributed by atoms with Crippen LogP contribution in [0, 0.1) is 5.92 Å². The number of ether oxygens (including phenoxy) is 1. The molecule has 1 aromatic heterocycles. The van der Waals surface area contributed by atoms with Gasteiger partial charge in [-0.1, -0.05) is 12.7 Å². The lowest BCUT2D eigenvalue weighted by molar-refractivity contribution is 0.359. The lowest BCUT2D eigenvalue weighted by Crippen LogP contribution is -2.03. The van der Waals surface area contributed by atoms with Gasteiger partial charge in [-0.05, 0) is 43.0 Å². The first-order valence-corrected chi connectivity index (χ1v) is 6.29. The summed E-state index contributed by atoms with van der Waals surface area (Å²) < 4.78 is 11.2. The fraction of sp³-hybridized carbons (Fsp3) is 0.333. The molecule has 1 aliphatic carbocycles. The van der Waals surface area contributed by atoms with Gasteiger partial charge in [-0.15, -0.1) is 0 Å². The number of fused-ring (bicyclic) bond motifs is 1. The Balaban J connectivity index is 2.04. The number of hydrogen-bond donors (Lipinski definition) is 1. The Morgan fingerprint density at radius 1 is 1.44 bits per heavy atom. The van der Waals surface area contributed by atoms with Crippen LogP contribution in [0.1, 0.15) is 17.9 Å². The maximum Gasteiger partial charge on any atom is 0.134 e. The summed E-state index contributed by atoms with van der Waals surface area (Å²) in [6, 6.07) is 5.95. The number of nitrogens with two attached hydrogens (primary N) is 1. The Bertz CT molecular complexity index is 573. The van der Waals surface area contributed by atoms with Gasteiger partial charge >= 0.3 is 0 Å². The first-order chi connectivity index (χ1) is 8.85. The Labute approximate surface area is 106 Å². The monoisotopic (exact) mass is 243 g/mol. The van der Waals surface area contributed by atoms with E-state index in [9.17, 15) is 0 Å². The van der Waals surface area contributed by atoms with Gasteiger partial charge in [0.25, 0.3) is 0 Å². The number of furan rings is 1. The van der Waals surface area contributed by atoms with Gasteiger partial charge < -0.3 is 14.9 Å². The Morgan fingerprint density at radius 3 is 3.06 bits per heavy atom. The maximum absolute atomic E-state index is 5.76. The second-order valence-corrected chi connectivity index (χ2v) is 4.75. The first kappa shape index (κ1) is 11.4. The van der Waals surface area contributed by atoms with E-state index in [-0.39, 0.29) is 0 Å². The van der Waals surface area contributed by atoms with Crippen LogP contribution in [-0.2, 0) is 0 Å². The molecule has 0 aliphatic heterocycles. The highest BCUT2D eigenvalue weighted by molar-refractivity contribution is 5.84. The minimum Gasteiger partial charge on any atom is -0.489 e. The highest BCUT2D eigenvalue weighted by Gasteiger charge is 2.40. The molecule has 1 fully saturated rings. The van der Waals surface area contributed by atoms with Crippen LogP contribution in [0.15, 0.2) is 41.5 Å². The zero-order chi connectivity index (χ0) is 12.5. The highest BCUT2D eigenvalue weighted by atomic mass is 16.5. The third-order valence-electron chi connectivity index (χ3n) is 3.59. The Kier molecular flexibility index (Phi) is 2.84. The van der Waals surface area contributed by atoms with Crippen LogP contribution < -0.4 is 10.5 Å². The molecule has 3 rings (SSSR count). The quantitative estimate of drug-likeness (QED) is 0.821. The van der Waals surface area contributed by atoms with Crippen molar-refractivity contribution < 1.29 is 9.15 Å². The molecule has 18 heavy (non-hydrogen) atoms. The predicted molar refractivity (Wildman–Crippen MR) is 71.8 cm³/mol. The van der Waals surface area contributed by atoms with E-state index in [1.54, 1.807) is 12.3 Å². The van der Waals surface area contributed by atoms with Crippen LogP contribution in [-0.4, -0.2) is 13.2 Å². The lowest BCUT2D eigenvalue weighted by atomic mass is 10.0. The van der Waals surface area contributed by atoms with Crippen LogP contribution in [0.5, 0.6) is 5.75 Å². The van der Waals surface area contributed by atoms with Crippen molar-refractivity contribution >= 4 is 11.0 Å². The van der Waals surface area contributed by atoms with Gasteiger partial charge in [-0.2, -0.15) is 0 Å². The van der Waals surface area contributed by atoms with Gasteiger partial charge in [-0.3, -0.25) is 0 Å². The summed E-state index contributed by atoms with van der Waals surface area (Å²) in [4.78, 5) is 0. The molecule has 1 aromatic carbocycles. The molecule has 0 amide bonds. The van der Waals surface area contributed by atoms with E-state index in [1.165, 1.54) is 5.56 Å². The van der Waals surface area contributed by atoms with Crippen molar-refractivity contribution in [1.82, 2.24) is 0 Å². The number of hydrogen-bond acceptors (Lipinski definition) is 3. The molecule has 0 unspecified atom stereocenters. The van der Waals surface area contributed by atoms with E-state index in [0.29, 0.717) is 18.4 Å². The van der Waals surface area contributed by atoms with Crippen LogP contribution >= 0.6 is 0 Å². The van der Waals surface area contributed by atoms with E-state index in [2.05, 4.69) is 6.58 Å². The molecule has 0 spiro atoms. The molecule has 94 valence electrons. The van der Waals surface area contributed by atoms with Crippen LogP contribution in [0.4, 0.5) is 0 Å². The summed E-state index contributed by atoms with van der Waals surface area (Å²) in [6.07, 6.45) is 4.63. The lowest BCUT2D eigenvalue weighted by Gasteiger charge is -2.11. The average molecular weight is 243 g/mol.